The van der Waals surface area contributed by atoms with E-state index in [1.807, 2.05) is 6.07 Å². The van der Waals surface area contributed by atoms with Crippen LogP contribution in [0, 0.1) is 0 Å². The molecule has 2 N–H and O–H groups in total. The third kappa shape index (κ3) is 3.71. The third-order valence-electron chi connectivity index (χ3n) is 3.63. The molecular weight excluding hydrogens is 318 g/mol. The van der Waals surface area contributed by atoms with Gasteiger partial charge in [-0.2, -0.15) is 0 Å². The lowest BCUT2D eigenvalue weighted by molar-refractivity contribution is 0.0945. The summed E-state index contributed by atoms with van der Waals surface area (Å²) >= 11 is 6.05. The zero-order chi connectivity index (χ0) is 16.4. The molecule has 0 bridgehead atoms. The number of ether oxygens (including phenoxy) is 1. The number of hydrogen-bond donors (Lipinski definition) is 2. The number of hydrogen-bond acceptors (Lipinski definition) is 4. The van der Waals surface area contributed by atoms with E-state index in [2.05, 4.69) is 15.3 Å². The Balaban J connectivity index is 1.70. The van der Waals surface area contributed by atoms with Gasteiger partial charge >= 0.3 is 0 Å². The minimum atomic E-state index is -0.384. The van der Waals surface area contributed by atoms with Crippen LogP contribution in [0.5, 0.6) is 5.75 Å². The first kappa shape index (κ1) is 15.6. The Bertz CT molecular complexity index is 799. The quantitative estimate of drug-likeness (QED) is 0.879. The van der Waals surface area contributed by atoms with Crippen molar-refractivity contribution >= 4 is 17.5 Å². The molecule has 0 radical (unpaired) electrons. The zero-order valence-electron chi connectivity index (χ0n) is 12.6. The maximum absolute atomic E-state index is 12.2. The van der Waals surface area contributed by atoms with E-state index in [0.717, 1.165) is 18.4 Å². The number of nitrogens with one attached hydrogen (secondary N) is 2. The van der Waals surface area contributed by atoms with Crippen LogP contribution in [-0.4, -0.2) is 23.0 Å². The fourth-order valence-corrected chi connectivity index (χ4v) is 2.52. The van der Waals surface area contributed by atoms with Gasteiger partial charge in [0.15, 0.2) is 0 Å². The van der Waals surface area contributed by atoms with Crippen molar-refractivity contribution in [2.45, 2.75) is 25.3 Å². The predicted molar refractivity (Wildman–Crippen MR) is 86.0 cm³/mol. The third-order valence-corrected chi connectivity index (χ3v) is 3.92. The average molecular weight is 334 g/mol. The van der Waals surface area contributed by atoms with Crippen LogP contribution in [0.15, 0.2) is 29.1 Å². The van der Waals surface area contributed by atoms with Crippen LogP contribution in [0.3, 0.4) is 0 Å². The molecule has 0 aliphatic heterocycles. The Labute approximate surface area is 137 Å². The molecule has 0 atom stereocenters. The molecule has 1 aromatic heterocycles. The first-order valence-electron chi connectivity index (χ1n) is 7.28. The summed E-state index contributed by atoms with van der Waals surface area (Å²) in [6.07, 6.45) is 2.00. The van der Waals surface area contributed by atoms with Gasteiger partial charge < -0.3 is 15.0 Å². The summed E-state index contributed by atoms with van der Waals surface area (Å²) in [6.45, 7) is 0.287. The molecule has 120 valence electrons. The molecule has 0 spiro atoms. The average Bonchev–Trinajstić information content (AvgIpc) is 3.37. The summed E-state index contributed by atoms with van der Waals surface area (Å²) in [5.41, 5.74) is 0.659. The predicted octanol–water partition coefficient (Wildman–Crippen LogP) is 2.24. The van der Waals surface area contributed by atoms with Gasteiger partial charge in [0.25, 0.3) is 11.5 Å². The summed E-state index contributed by atoms with van der Waals surface area (Å²) in [4.78, 5) is 30.7. The Morgan fingerprint density at radius 3 is 2.87 bits per heavy atom. The van der Waals surface area contributed by atoms with E-state index in [4.69, 9.17) is 16.3 Å². The summed E-state index contributed by atoms with van der Waals surface area (Å²) in [6, 6.07) is 6.48. The highest BCUT2D eigenvalue weighted by atomic mass is 35.5. The lowest BCUT2D eigenvalue weighted by atomic mass is 10.2. The van der Waals surface area contributed by atoms with Gasteiger partial charge in [-0.15, -0.1) is 0 Å². The number of aromatic nitrogens is 2. The number of halogens is 1. The Morgan fingerprint density at radius 2 is 2.22 bits per heavy atom. The highest BCUT2D eigenvalue weighted by Gasteiger charge is 2.27. The van der Waals surface area contributed by atoms with Crippen molar-refractivity contribution in [3.05, 3.63) is 56.7 Å². The van der Waals surface area contributed by atoms with Gasteiger partial charge in [-0.1, -0.05) is 17.7 Å². The van der Waals surface area contributed by atoms with Gasteiger partial charge in [0.1, 0.15) is 17.3 Å². The first-order valence-corrected chi connectivity index (χ1v) is 7.66. The summed E-state index contributed by atoms with van der Waals surface area (Å²) < 4.78 is 5.08. The molecule has 1 fully saturated rings. The molecule has 23 heavy (non-hydrogen) atoms. The normalized spacial score (nSPS) is 13.7. The molecule has 0 unspecified atom stereocenters. The molecule has 1 heterocycles. The second-order valence-corrected chi connectivity index (χ2v) is 5.85. The maximum Gasteiger partial charge on any atom is 0.270 e. The summed E-state index contributed by atoms with van der Waals surface area (Å²) in [5.74, 6) is 1.06. The van der Waals surface area contributed by atoms with Crippen LogP contribution >= 0.6 is 11.6 Å². The zero-order valence-corrected chi connectivity index (χ0v) is 13.3. The van der Waals surface area contributed by atoms with Gasteiger partial charge in [0.05, 0.1) is 12.1 Å². The smallest absolute Gasteiger partial charge is 0.270 e. The van der Waals surface area contributed by atoms with E-state index in [9.17, 15) is 9.59 Å². The fourth-order valence-electron chi connectivity index (χ4n) is 2.24. The first-order chi connectivity index (χ1) is 11.1. The second-order valence-electron chi connectivity index (χ2n) is 5.44. The number of H-pyrrole nitrogens is 1. The molecule has 1 aliphatic carbocycles. The number of amides is 1. The van der Waals surface area contributed by atoms with E-state index in [-0.39, 0.29) is 29.6 Å². The van der Waals surface area contributed by atoms with Gasteiger partial charge in [0, 0.05) is 18.5 Å². The van der Waals surface area contributed by atoms with Crippen molar-refractivity contribution in [2.75, 3.05) is 7.11 Å². The molecule has 2 aromatic rings. The number of aromatic amines is 1. The second kappa shape index (κ2) is 6.42. The highest BCUT2D eigenvalue weighted by molar-refractivity contribution is 6.32. The van der Waals surface area contributed by atoms with Crippen molar-refractivity contribution < 1.29 is 9.53 Å². The molecule has 0 saturated heterocycles. The molecule has 6 nitrogen and oxygen atoms in total. The van der Waals surface area contributed by atoms with Crippen LogP contribution in [0.1, 0.15) is 40.6 Å². The fraction of sp³-hybridized carbons (Fsp3) is 0.312. The largest absolute Gasteiger partial charge is 0.495 e. The molecule has 1 aromatic carbocycles. The van der Waals surface area contributed by atoms with E-state index in [1.165, 1.54) is 6.07 Å². The maximum atomic E-state index is 12.2. The molecule has 1 aliphatic rings. The molecule has 3 rings (SSSR count). The number of rotatable bonds is 5. The lowest BCUT2D eigenvalue weighted by Crippen LogP contribution is -2.26. The Morgan fingerprint density at radius 1 is 1.43 bits per heavy atom. The summed E-state index contributed by atoms with van der Waals surface area (Å²) in [7, 11) is 1.54. The van der Waals surface area contributed by atoms with Crippen LogP contribution in [0.25, 0.3) is 0 Å². The Kier molecular flexibility index (Phi) is 4.34. The number of methoxy groups -OCH3 is 1. The van der Waals surface area contributed by atoms with Crippen LogP contribution in [0.4, 0.5) is 0 Å². The van der Waals surface area contributed by atoms with Gasteiger partial charge in [-0.05, 0) is 30.5 Å². The molecule has 1 saturated carbocycles. The SMILES string of the molecule is COc1ccc(CNC(=O)c2cc(=O)[nH]c(C3CC3)n2)cc1Cl. The minimum absolute atomic E-state index is 0.134. The van der Waals surface area contributed by atoms with E-state index >= 15 is 0 Å². The summed E-state index contributed by atoms with van der Waals surface area (Å²) in [5, 5.41) is 3.22. The number of nitrogens with zero attached hydrogens (tertiary/aromatic N) is 1. The van der Waals surface area contributed by atoms with Crippen LogP contribution in [0.2, 0.25) is 5.02 Å². The van der Waals surface area contributed by atoms with Crippen molar-refractivity contribution in [1.82, 2.24) is 15.3 Å². The minimum Gasteiger partial charge on any atom is -0.495 e. The van der Waals surface area contributed by atoms with Crippen LogP contribution in [-0.2, 0) is 6.54 Å². The van der Waals surface area contributed by atoms with E-state index in [0.29, 0.717) is 16.6 Å². The number of carbonyl (C=O) groups is 1. The topological polar surface area (TPSA) is 84.1 Å². The van der Waals surface area contributed by atoms with Gasteiger partial charge in [-0.25, -0.2) is 4.98 Å². The van der Waals surface area contributed by atoms with Gasteiger partial charge in [-0.3, -0.25) is 9.59 Å². The van der Waals surface area contributed by atoms with E-state index < -0.39 is 0 Å². The van der Waals surface area contributed by atoms with Gasteiger partial charge in [0.2, 0.25) is 0 Å². The standard InChI is InChI=1S/C16H16ClN3O3/c1-23-13-5-2-9(6-11(13)17)8-18-16(22)12-7-14(21)20-15(19-12)10-3-4-10/h2,5-7,10H,3-4,8H2,1H3,(H,18,22)(H,19,20,21). The Hall–Kier alpha value is -2.34. The number of benzene rings is 1. The number of carbonyl (C=O) groups excluding carboxylic acids is 1. The van der Waals surface area contributed by atoms with E-state index in [1.54, 1.807) is 19.2 Å². The monoisotopic (exact) mass is 333 g/mol. The molecule has 7 heteroatoms. The van der Waals surface area contributed by atoms with Crippen molar-refractivity contribution in [2.24, 2.45) is 0 Å². The van der Waals surface area contributed by atoms with Crippen LogP contribution < -0.4 is 15.6 Å². The van der Waals surface area contributed by atoms with Crippen molar-refractivity contribution in [3.8, 4) is 5.75 Å². The van der Waals surface area contributed by atoms with Crippen molar-refractivity contribution in [1.29, 1.82) is 0 Å². The molecule has 1 amide bonds. The highest BCUT2D eigenvalue weighted by Crippen LogP contribution is 2.37. The van der Waals surface area contributed by atoms with Crippen molar-refractivity contribution in [3.63, 3.8) is 0 Å². The lowest BCUT2D eigenvalue weighted by Gasteiger charge is -2.08. The molecular formula is C16H16ClN3O3.